The lowest BCUT2D eigenvalue weighted by molar-refractivity contribution is -0.127. The molecular formula is C21H26N2O. The highest BCUT2D eigenvalue weighted by Gasteiger charge is 2.30. The van der Waals surface area contributed by atoms with Crippen LogP contribution in [0.15, 0.2) is 54.6 Å². The second-order valence-corrected chi connectivity index (χ2v) is 6.33. The largest absolute Gasteiger partial charge is 0.348 e. The number of aryl methyl sites for hydroxylation is 1. The molecule has 0 aliphatic heterocycles. The highest BCUT2D eigenvalue weighted by atomic mass is 16.2. The second kappa shape index (κ2) is 7.63. The fraction of sp³-hybridized carbons (Fsp3) is 0.381. The van der Waals surface area contributed by atoms with Crippen molar-refractivity contribution in [3.63, 3.8) is 0 Å². The average Bonchev–Trinajstić information content (AvgIpc) is 3.03. The summed E-state index contributed by atoms with van der Waals surface area (Å²) in [6, 6.07) is 18.4. The molecule has 126 valence electrons. The SMILES string of the molecule is CCN(CC)C(C(=O)NC1CCc2ccccc21)c1ccccc1. The van der Waals surface area contributed by atoms with E-state index in [-0.39, 0.29) is 18.0 Å². The molecule has 0 fully saturated rings. The van der Waals surface area contributed by atoms with Gasteiger partial charge in [-0.2, -0.15) is 0 Å². The maximum absolute atomic E-state index is 13.1. The van der Waals surface area contributed by atoms with Crippen molar-refractivity contribution in [2.24, 2.45) is 0 Å². The molecule has 3 rings (SSSR count). The monoisotopic (exact) mass is 322 g/mol. The van der Waals surface area contributed by atoms with Crippen LogP contribution in [0.1, 0.15) is 49.0 Å². The first-order chi connectivity index (χ1) is 11.7. The number of hydrogen-bond acceptors (Lipinski definition) is 2. The van der Waals surface area contributed by atoms with Crippen molar-refractivity contribution in [1.82, 2.24) is 10.2 Å². The smallest absolute Gasteiger partial charge is 0.242 e. The van der Waals surface area contributed by atoms with Crippen LogP contribution in [-0.2, 0) is 11.2 Å². The third-order valence-corrected chi connectivity index (χ3v) is 4.99. The van der Waals surface area contributed by atoms with Gasteiger partial charge in [0.05, 0.1) is 6.04 Å². The second-order valence-electron chi connectivity index (χ2n) is 6.33. The molecule has 2 unspecified atom stereocenters. The molecule has 1 amide bonds. The molecule has 2 aromatic rings. The Hall–Kier alpha value is -2.13. The number of nitrogens with one attached hydrogen (secondary N) is 1. The van der Waals surface area contributed by atoms with Crippen molar-refractivity contribution < 1.29 is 4.79 Å². The predicted molar refractivity (Wildman–Crippen MR) is 97.8 cm³/mol. The Morgan fingerprint density at radius 1 is 1.08 bits per heavy atom. The van der Waals surface area contributed by atoms with Crippen LogP contribution in [0.2, 0.25) is 0 Å². The van der Waals surface area contributed by atoms with Gasteiger partial charge in [0.15, 0.2) is 0 Å². The molecule has 24 heavy (non-hydrogen) atoms. The Kier molecular flexibility index (Phi) is 5.31. The van der Waals surface area contributed by atoms with E-state index in [0.717, 1.165) is 31.5 Å². The minimum absolute atomic E-state index is 0.103. The first-order valence-corrected chi connectivity index (χ1v) is 8.91. The van der Waals surface area contributed by atoms with E-state index in [1.807, 2.05) is 30.3 Å². The number of rotatable bonds is 6. The zero-order valence-electron chi connectivity index (χ0n) is 14.5. The van der Waals surface area contributed by atoms with E-state index in [0.29, 0.717) is 0 Å². The topological polar surface area (TPSA) is 32.3 Å². The normalized spacial score (nSPS) is 17.5. The number of carbonyl (C=O) groups is 1. The van der Waals surface area contributed by atoms with Gasteiger partial charge in [-0.15, -0.1) is 0 Å². The number of fused-ring (bicyclic) bond motifs is 1. The van der Waals surface area contributed by atoms with E-state index in [1.54, 1.807) is 0 Å². The van der Waals surface area contributed by atoms with Gasteiger partial charge < -0.3 is 5.32 Å². The first-order valence-electron chi connectivity index (χ1n) is 8.91. The minimum atomic E-state index is -0.228. The van der Waals surface area contributed by atoms with E-state index in [2.05, 4.69) is 48.3 Å². The van der Waals surface area contributed by atoms with Gasteiger partial charge in [-0.1, -0.05) is 68.4 Å². The molecule has 0 saturated heterocycles. The van der Waals surface area contributed by atoms with Gasteiger partial charge in [0.1, 0.15) is 6.04 Å². The number of benzene rings is 2. The first kappa shape index (κ1) is 16.7. The summed E-state index contributed by atoms with van der Waals surface area (Å²) in [5.74, 6) is 0.103. The lowest BCUT2D eigenvalue weighted by Gasteiger charge is -2.30. The fourth-order valence-corrected chi connectivity index (χ4v) is 3.71. The van der Waals surface area contributed by atoms with Crippen molar-refractivity contribution in [3.05, 3.63) is 71.3 Å². The van der Waals surface area contributed by atoms with Crippen molar-refractivity contribution in [2.75, 3.05) is 13.1 Å². The Morgan fingerprint density at radius 3 is 2.46 bits per heavy atom. The summed E-state index contributed by atoms with van der Waals surface area (Å²) in [7, 11) is 0. The Balaban J connectivity index is 1.82. The molecule has 2 atom stereocenters. The van der Waals surface area contributed by atoms with E-state index in [9.17, 15) is 4.79 Å². The molecule has 1 aliphatic rings. The summed E-state index contributed by atoms with van der Waals surface area (Å²) >= 11 is 0. The van der Waals surface area contributed by atoms with Crippen LogP contribution in [0.4, 0.5) is 0 Å². The fourth-order valence-electron chi connectivity index (χ4n) is 3.71. The van der Waals surface area contributed by atoms with Gasteiger partial charge >= 0.3 is 0 Å². The van der Waals surface area contributed by atoms with E-state index in [4.69, 9.17) is 0 Å². The van der Waals surface area contributed by atoms with E-state index in [1.165, 1.54) is 11.1 Å². The van der Waals surface area contributed by atoms with Crippen LogP contribution in [0.5, 0.6) is 0 Å². The molecule has 3 heteroatoms. The molecule has 0 radical (unpaired) electrons. The van der Waals surface area contributed by atoms with Gasteiger partial charge in [0, 0.05) is 0 Å². The van der Waals surface area contributed by atoms with Crippen LogP contribution in [0.3, 0.4) is 0 Å². The summed E-state index contributed by atoms with van der Waals surface area (Å²) in [6.45, 7) is 5.92. The average molecular weight is 322 g/mol. The quantitative estimate of drug-likeness (QED) is 0.875. The van der Waals surface area contributed by atoms with Crippen molar-refractivity contribution in [2.45, 2.75) is 38.8 Å². The lowest BCUT2D eigenvalue weighted by Crippen LogP contribution is -2.41. The summed E-state index contributed by atoms with van der Waals surface area (Å²) in [5, 5.41) is 3.30. The van der Waals surface area contributed by atoms with Crippen LogP contribution in [0.25, 0.3) is 0 Å². The zero-order valence-corrected chi connectivity index (χ0v) is 14.5. The predicted octanol–water partition coefficient (Wildman–Crippen LogP) is 3.87. The van der Waals surface area contributed by atoms with Gasteiger partial charge in [-0.3, -0.25) is 9.69 Å². The summed E-state index contributed by atoms with van der Waals surface area (Å²) in [4.78, 5) is 15.3. The third kappa shape index (κ3) is 3.36. The highest BCUT2D eigenvalue weighted by Crippen LogP contribution is 2.32. The van der Waals surface area contributed by atoms with Crippen LogP contribution in [0, 0.1) is 0 Å². The van der Waals surface area contributed by atoms with Gasteiger partial charge in [0.2, 0.25) is 5.91 Å². The van der Waals surface area contributed by atoms with Crippen molar-refractivity contribution >= 4 is 5.91 Å². The molecule has 0 bridgehead atoms. The maximum Gasteiger partial charge on any atom is 0.242 e. The van der Waals surface area contributed by atoms with Crippen LogP contribution in [-0.4, -0.2) is 23.9 Å². The molecule has 3 nitrogen and oxygen atoms in total. The number of likely N-dealkylation sites (N-methyl/N-ethyl adjacent to an activating group) is 1. The summed E-state index contributed by atoms with van der Waals surface area (Å²) in [5.41, 5.74) is 3.70. The molecule has 2 aromatic carbocycles. The van der Waals surface area contributed by atoms with Crippen LogP contribution < -0.4 is 5.32 Å². The Morgan fingerprint density at radius 2 is 1.75 bits per heavy atom. The Labute approximate surface area is 144 Å². The van der Waals surface area contributed by atoms with Gasteiger partial charge in [-0.25, -0.2) is 0 Å². The standard InChI is InChI=1S/C21H26N2O/c1-3-23(4-2)20(17-11-6-5-7-12-17)21(24)22-19-15-14-16-10-8-9-13-18(16)19/h5-13,19-20H,3-4,14-15H2,1-2H3,(H,22,24). The summed E-state index contributed by atoms with van der Waals surface area (Å²) < 4.78 is 0. The maximum atomic E-state index is 13.1. The van der Waals surface area contributed by atoms with E-state index < -0.39 is 0 Å². The molecule has 0 heterocycles. The van der Waals surface area contributed by atoms with Crippen LogP contribution >= 0.6 is 0 Å². The number of carbonyl (C=O) groups excluding carboxylic acids is 1. The molecule has 1 N–H and O–H groups in total. The van der Waals surface area contributed by atoms with Gasteiger partial charge in [-0.05, 0) is 42.6 Å². The molecular weight excluding hydrogens is 296 g/mol. The summed E-state index contributed by atoms with van der Waals surface area (Å²) in [6.07, 6.45) is 2.03. The Bertz CT molecular complexity index is 679. The molecule has 0 spiro atoms. The third-order valence-electron chi connectivity index (χ3n) is 4.99. The van der Waals surface area contributed by atoms with Crippen molar-refractivity contribution in [1.29, 1.82) is 0 Å². The molecule has 0 saturated carbocycles. The van der Waals surface area contributed by atoms with Crippen molar-refractivity contribution in [3.8, 4) is 0 Å². The van der Waals surface area contributed by atoms with Gasteiger partial charge in [0.25, 0.3) is 0 Å². The highest BCUT2D eigenvalue weighted by molar-refractivity contribution is 5.83. The molecule has 1 aliphatic carbocycles. The molecule has 0 aromatic heterocycles. The minimum Gasteiger partial charge on any atom is -0.348 e. The number of nitrogens with zero attached hydrogens (tertiary/aromatic N) is 1. The lowest BCUT2D eigenvalue weighted by atomic mass is 10.0. The number of hydrogen-bond donors (Lipinski definition) is 1. The van der Waals surface area contributed by atoms with E-state index >= 15 is 0 Å². The zero-order chi connectivity index (χ0) is 16.9. The number of amides is 1.